The van der Waals surface area contributed by atoms with Gasteiger partial charge in [-0.15, -0.1) is 11.3 Å². The summed E-state index contributed by atoms with van der Waals surface area (Å²) in [5.74, 6) is 0.690. The Morgan fingerprint density at radius 1 is 1.64 bits per heavy atom. The van der Waals surface area contributed by atoms with Crippen LogP contribution >= 0.6 is 45.5 Å². The lowest BCUT2D eigenvalue weighted by Crippen LogP contribution is -2.05. The van der Waals surface area contributed by atoms with Crippen molar-refractivity contribution in [3.8, 4) is 0 Å². The molecule has 2 heterocycles. The van der Waals surface area contributed by atoms with Crippen LogP contribution < -0.4 is 5.73 Å². The zero-order chi connectivity index (χ0) is 10.1. The first kappa shape index (κ1) is 10.3. The molecule has 0 aliphatic rings. The van der Waals surface area contributed by atoms with E-state index in [2.05, 4.69) is 27.7 Å². The van der Waals surface area contributed by atoms with E-state index in [0.717, 1.165) is 13.5 Å². The average molecular weight is 340 g/mol. The van der Waals surface area contributed by atoms with Gasteiger partial charge in [0.2, 0.25) is 0 Å². The van der Waals surface area contributed by atoms with E-state index in [-0.39, 0.29) is 0 Å². The maximum absolute atomic E-state index is 5.98. The summed E-state index contributed by atoms with van der Waals surface area (Å²) in [5.41, 5.74) is 5.82. The Balaban J connectivity index is 2.27. The van der Waals surface area contributed by atoms with Crippen LogP contribution in [0.25, 0.3) is 0 Å². The molecule has 14 heavy (non-hydrogen) atoms. The fourth-order valence-corrected chi connectivity index (χ4v) is 2.55. The first-order chi connectivity index (χ1) is 6.68. The van der Waals surface area contributed by atoms with Crippen LogP contribution in [0.15, 0.2) is 17.6 Å². The molecule has 74 valence electrons. The van der Waals surface area contributed by atoms with Gasteiger partial charge in [0.1, 0.15) is 5.82 Å². The molecule has 2 aromatic rings. The Bertz CT molecular complexity index is 451. The third-order valence-electron chi connectivity index (χ3n) is 1.82. The summed E-state index contributed by atoms with van der Waals surface area (Å²) in [7, 11) is 0. The predicted octanol–water partition coefficient (Wildman–Crippen LogP) is 2.83. The zero-order valence-corrected chi connectivity index (χ0v) is 10.8. The molecule has 2 N–H and O–H groups in total. The summed E-state index contributed by atoms with van der Waals surface area (Å²) in [6.07, 6.45) is 1.75. The van der Waals surface area contributed by atoms with E-state index in [0.29, 0.717) is 12.4 Å². The molecule has 3 nitrogen and oxygen atoms in total. The van der Waals surface area contributed by atoms with E-state index >= 15 is 0 Å². The van der Waals surface area contributed by atoms with Crippen molar-refractivity contribution in [2.75, 3.05) is 5.73 Å². The fourth-order valence-electron chi connectivity index (χ4n) is 1.07. The number of anilines is 1. The summed E-state index contributed by atoms with van der Waals surface area (Å²) in [6, 6.07) is 1.88. The number of hydrogen-bond acceptors (Lipinski definition) is 3. The largest absolute Gasteiger partial charge is 0.383 e. The fraction of sp³-hybridized carbons (Fsp3) is 0.125. The van der Waals surface area contributed by atoms with Crippen molar-refractivity contribution in [3.63, 3.8) is 0 Å². The van der Waals surface area contributed by atoms with Gasteiger partial charge in [0.15, 0.2) is 0 Å². The number of nitrogens with zero attached hydrogens (tertiary/aromatic N) is 2. The maximum Gasteiger partial charge on any atom is 0.135 e. The van der Waals surface area contributed by atoms with Gasteiger partial charge in [-0.05, 0) is 34.0 Å². The number of hydrogen-bond donors (Lipinski definition) is 1. The minimum absolute atomic E-state index is 0.644. The molecule has 0 saturated carbocycles. The highest BCUT2D eigenvalue weighted by Gasteiger charge is 2.07. The Labute approximate surface area is 104 Å². The van der Waals surface area contributed by atoms with E-state index in [1.165, 1.54) is 0 Å². The maximum atomic E-state index is 5.98. The van der Waals surface area contributed by atoms with Crippen LogP contribution in [-0.2, 0) is 6.54 Å². The lowest BCUT2D eigenvalue weighted by molar-refractivity contribution is 0.705. The Morgan fingerprint density at radius 3 is 2.93 bits per heavy atom. The second kappa shape index (κ2) is 4.08. The Hall–Kier alpha value is -0.270. The first-order valence-electron chi connectivity index (χ1n) is 3.87. The van der Waals surface area contributed by atoms with E-state index in [9.17, 15) is 0 Å². The summed E-state index contributed by atoms with van der Waals surface area (Å²) in [5, 5.41) is 6.90. The minimum Gasteiger partial charge on any atom is -0.383 e. The smallest absolute Gasteiger partial charge is 0.135 e. The van der Waals surface area contributed by atoms with Crippen molar-refractivity contribution >= 4 is 51.3 Å². The van der Waals surface area contributed by atoms with Crippen LogP contribution in [0, 0.1) is 3.57 Å². The van der Waals surface area contributed by atoms with Crippen LogP contribution in [-0.4, -0.2) is 9.78 Å². The van der Waals surface area contributed by atoms with Crippen LogP contribution in [0.3, 0.4) is 0 Å². The number of nitrogens with two attached hydrogens (primary N) is 1. The van der Waals surface area contributed by atoms with Gasteiger partial charge in [-0.3, -0.25) is 0 Å². The zero-order valence-electron chi connectivity index (χ0n) is 7.08. The molecule has 0 bridgehead atoms. The normalized spacial score (nSPS) is 10.7. The molecule has 2 rings (SSSR count). The number of thiophene rings is 1. The number of halogens is 2. The molecule has 0 aliphatic heterocycles. The molecule has 0 aromatic carbocycles. The van der Waals surface area contributed by atoms with E-state index in [1.807, 2.05) is 11.4 Å². The predicted molar refractivity (Wildman–Crippen MR) is 67.8 cm³/mol. The van der Waals surface area contributed by atoms with Crippen molar-refractivity contribution in [1.29, 1.82) is 0 Å². The van der Waals surface area contributed by atoms with Crippen molar-refractivity contribution in [2.24, 2.45) is 0 Å². The summed E-state index contributed by atoms with van der Waals surface area (Å²) >= 11 is 9.74. The molecule has 0 amide bonds. The van der Waals surface area contributed by atoms with Crippen LogP contribution in [0.5, 0.6) is 0 Å². The van der Waals surface area contributed by atoms with E-state index < -0.39 is 0 Å². The van der Waals surface area contributed by atoms with Crippen LogP contribution in [0.2, 0.25) is 5.02 Å². The second-order valence-corrected chi connectivity index (χ2v) is 5.30. The summed E-state index contributed by atoms with van der Waals surface area (Å²) < 4.78 is 2.72. The quantitative estimate of drug-likeness (QED) is 0.855. The standard InChI is InChI=1S/C8H7ClIN3S/c9-5-1-2-14-7(5)4-13-8(11)6(10)3-12-13/h1-3H,4,11H2. The number of rotatable bonds is 2. The Kier molecular flexibility index (Phi) is 2.99. The molecule has 0 fully saturated rings. The molecule has 2 aromatic heterocycles. The highest BCUT2D eigenvalue weighted by atomic mass is 127. The van der Waals surface area contributed by atoms with E-state index in [1.54, 1.807) is 22.2 Å². The molecule has 0 spiro atoms. The molecular weight excluding hydrogens is 333 g/mol. The van der Waals surface area contributed by atoms with Crippen LogP contribution in [0.1, 0.15) is 4.88 Å². The third kappa shape index (κ3) is 1.89. The molecule has 0 saturated heterocycles. The number of nitrogen functional groups attached to an aromatic ring is 1. The lowest BCUT2D eigenvalue weighted by atomic mass is 10.4. The third-order valence-corrected chi connectivity index (χ3v) is 4.02. The summed E-state index contributed by atoms with van der Waals surface area (Å²) in [6.45, 7) is 0.644. The van der Waals surface area contributed by atoms with Gasteiger partial charge in [-0.1, -0.05) is 11.6 Å². The van der Waals surface area contributed by atoms with Gasteiger partial charge in [-0.2, -0.15) is 5.10 Å². The van der Waals surface area contributed by atoms with Crippen LogP contribution in [0.4, 0.5) is 5.82 Å². The minimum atomic E-state index is 0.644. The molecular formula is C8H7ClIN3S. The van der Waals surface area contributed by atoms with Crippen molar-refractivity contribution in [3.05, 3.63) is 31.1 Å². The van der Waals surface area contributed by atoms with Crippen molar-refractivity contribution in [2.45, 2.75) is 6.54 Å². The van der Waals surface area contributed by atoms with Gasteiger partial charge in [0.05, 0.1) is 21.3 Å². The SMILES string of the molecule is Nc1c(I)cnn1Cc1sccc1Cl. The van der Waals surface area contributed by atoms with Gasteiger partial charge < -0.3 is 5.73 Å². The van der Waals surface area contributed by atoms with E-state index in [4.69, 9.17) is 17.3 Å². The molecule has 0 unspecified atom stereocenters. The molecule has 0 radical (unpaired) electrons. The topological polar surface area (TPSA) is 43.8 Å². The van der Waals surface area contributed by atoms with Crippen molar-refractivity contribution in [1.82, 2.24) is 9.78 Å². The molecule has 0 aliphatic carbocycles. The molecule has 0 atom stereocenters. The average Bonchev–Trinajstić information content (AvgIpc) is 2.68. The lowest BCUT2D eigenvalue weighted by Gasteiger charge is -2.02. The van der Waals surface area contributed by atoms with Gasteiger partial charge >= 0.3 is 0 Å². The second-order valence-electron chi connectivity index (χ2n) is 2.73. The first-order valence-corrected chi connectivity index (χ1v) is 6.21. The van der Waals surface area contributed by atoms with Gasteiger partial charge in [-0.25, -0.2) is 4.68 Å². The summed E-state index contributed by atoms with van der Waals surface area (Å²) in [4.78, 5) is 1.08. The Morgan fingerprint density at radius 2 is 2.43 bits per heavy atom. The van der Waals surface area contributed by atoms with Gasteiger partial charge in [0, 0.05) is 4.88 Å². The molecule has 6 heteroatoms. The number of aromatic nitrogens is 2. The highest BCUT2D eigenvalue weighted by Crippen LogP contribution is 2.24. The van der Waals surface area contributed by atoms with Crippen molar-refractivity contribution < 1.29 is 0 Å². The monoisotopic (exact) mass is 339 g/mol. The van der Waals surface area contributed by atoms with Gasteiger partial charge in [0.25, 0.3) is 0 Å². The highest BCUT2D eigenvalue weighted by molar-refractivity contribution is 14.1.